The molecule has 0 saturated carbocycles. The molecule has 1 aliphatic heterocycles. The number of hydrogen-bond donors (Lipinski definition) is 1. The first-order chi connectivity index (χ1) is 8.78. The highest BCUT2D eigenvalue weighted by Crippen LogP contribution is 2.25. The first kappa shape index (κ1) is 11.5. The molecule has 0 spiro atoms. The van der Waals surface area contributed by atoms with Crippen molar-refractivity contribution in [2.45, 2.75) is 6.92 Å². The second kappa shape index (κ2) is 4.57. The molecule has 1 aromatic carbocycles. The molecule has 2 aromatic rings. The topological polar surface area (TPSA) is 35.2 Å². The number of rotatable bonds is 2. The van der Waals surface area contributed by atoms with Gasteiger partial charge in [0.25, 0.3) is 0 Å². The van der Waals surface area contributed by atoms with Crippen LogP contribution in [0.5, 0.6) is 0 Å². The molecule has 5 heteroatoms. The predicted molar refractivity (Wildman–Crippen MR) is 70.4 cm³/mol. The molecule has 0 bridgehead atoms. The van der Waals surface area contributed by atoms with Gasteiger partial charge in [-0.2, -0.15) is 5.10 Å². The van der Waals surface area contributed by atoms with E-state index in [-0.39, 0.29) is 5.82 Å². The third kappa shape index (κ3) is 1.95. The molecular weight excluding hydrogens is 231 g/mol. The van der Waals surface area contributed by atoms with Gasteiger partial charge in [0.1, 0.15) is 5.82 Å². The number of H-pyrrole nitrogens is 1. The van der Waals surface area contributed by atoms with Crippen LogP contribution in [0.3, 0.4) is 0 Å². The van der Waals surface area contributed by atoms with E-state index < -0.39 is 0 Å². The van der Waals surface area contributed by atoms with E-state index in [4.69, 9.17) is 0 Å². The average molecular weight is 248 g/mol. The number of benzene rings is 1. The molecule has 3 rings (SSSR count). The van der Waals surface area contributed by atoms with Crippen molar-refractivity contribution in [2.75, 3.05) is 37.6 Å². The van der Waals surface area contributed by atoms with Gasteiger partial charge in [-0.05, 0) is 24.7 Å². The van der Waals surface area contributed by atoms with Gasteiger partial charge < -0.3 is 9.80 Å². The Kier molecular flexibility index (Phi) is 2.91. The molecule has 0 unspecified atom stereocenters. The van der Waals surface area contributed by atoms with Gasteiger partial charge in [-0.3, -0.25) is 5.10 Å². The minimum absolute atomic E-state index is 0.228. The summed E-state index contributed by atoms with van der Waals surface area (Å²) in [6.45, 7) is 7.36. The second-order valence-corrected chi connectivity index (χ2v) is 4.66. The SMILES string of the molecule is CCN1CCN(c2n[nH]c3cc(F)ccc23)CC1. The molecule has 0 atom stereocenters. The van der Waals surface area contributed by atoms with Crippen LogP contribution in [-0.2, 0) is 0 Å². The van der Waals surface area contributed by atoms with Crippen molar-refractivity contribution in [3.63, 3.8) is 0 Å². The van der Waals surface area contributed by atoms with Crippen molar-refractivity contribution >= 4 is 16.7 Å². The normalized spacial score (nSPS) is 17.6. The number of nitrogens with zero attached hydrogens (tertiary/aromatic N) is 3. The number of nitrogens with one attached hydrogen (secondary N) is 1. The van der Waals surface area contributed by atoms with Crippen LogP contribution in [0.1, 0.15) is 6.92 Å². The lowest BCUT2D eigenvalue weighted by Crippen LogP contribution is -2.46. The van der Waals surface area contributed by atoms with Gasteiger partial charge >= 0.3 is 0 Å². The zero-order valence-corrected chi connectivity index (χ0v) is 10.5. The van der Waals surface area contributed by atoms with E-state index in [0.717, 1.165) is 49.4 Å². The fourth-order valence-electron chi connectivity index (χ4n) is 2.49. The smallest absolute Gasteiger partial charge is 0.158 e. The Morgan fingerprint density at radius 3 is 2.78 bits per heavy atom. The first-order valence-corrected chi connectivity index (χ1v) is 6.39. The summed E-state index contributed by atoms with van der Waals surface area (Å²) in [5, 5.41) is 8.23. The van der Waals surface area contributed by atoms with Crippen LogP contribution in [0, 0.1) is 5.82 Å². The largest absolute Gasteiger partial charge is 0.352 e. The van der Waals surface area contributed by atoms with Crippen molar-refractivity contribution < 1.29 is 4.39 Å². The van der Waals surface area contributed by atoms with Crippen molar-refractivity contribution in [1.82, 2.24) is 15.1 Å². The maximum Gasteiger partial charge on any atom is 0.158 e. The Labute approximate surface area is 105 Å². The minimum Gasteiger partial charge on any atom is -0.352 e. The molecule has 96 valence electrons. The summed E-state index contributed by atoms with van der Waals surface area (Å²) < 4.78 is 13.1. The Balaban J connectivity index is 1.87. The molecule has 0 amide bonds. The van der Waals surface area contributed by atoms with E-state index in [1.165, 1.54) is 12.1 Å². The van der Waals surface area contributed by atoms with E-state index >= 15 is 0 Å². The van der Waals surface area contributed by atoms with Crippen molar-refractivity contribution in [3.05, 3.63) is 24.0 Å². The zero-order valence-electron chi connectivity index (χ0n) is 10.5. The summed E-state index contributed by atoms with van der Waals surface area (Å²) in [5.74, 6) is 0.717. The predicted octanol–water partition coefficient (Wildman–Crippen LogP) is 1.84. The monoisotopic (exact) mass is 248 g/mol. The van der Waals surface area contributed by atoms with Crippen molar-refractivity contribution in [3.8, 4) is 0 Å². The maximum absolute atomic E-state index is 13.1. The lowest BCUT2D eigenvalue weighted by atomic mass is 10.2. The Morgan fingerprint density at radius 2 is 2.06 bits per heavy atom. The fourth-order valence-corrected chi connectivity index (χ4v) is 2.49. The number of anilines is 1. The quantitative estimate of drug-likeness (QED) is 0.881. The van der Waals surface area contributed by atoms with Gasteiger partial charge in [0.15, 0.2) is 5.82 Å². The van der Waals surface area contributed by atoms with Crippen LogP contribution >= 0.6 is 0 Å². The van der Waals surface area contributed by atoms with E-state index in [1.54, 1.807) is 6.07 Å². The van der Waals surface area contributed by atoms with Crippen LogP contribution in [0.4, 0.5) is 10.2 Å². The van der Waals surface area contributed by atoms with E-state index in [0.29, 0.717) is 0 Å². The van der Waals surface area contributed by atoms with Gasteiger partial charge in [-0.1, -0.05) is 6.92 Å². The average Bonchev–Trinajstić information content (AvgIpc) is 2.81. The summed E-state index contributed by atoms with van der Waals surface area (Å²) in [6, 6.07) is 4.79. The summed E-state index contributed by atoms with van der Waals surface area (Å²) in [7, 11) is 0. The van der Waals surface area contributed by atoms with Gasteiger partial charge in [0.2, 0.25) is 0 Å². The number of aromatic nitrogens is 2. The molecule has 18 heavy (non-hydrogen) atoms. The highest BCUT2D eigenvalue weighted by atomic mass is 19.1. The Hall–Kier alpha value is -1.62. The molecule has 0 aliphatic carbocycles. The number of hydrogen-bond acceptors (Lipinski definition) is 3. The number of aromatic amines is 1. The zero-order chi connectivity index (χ0) is 12.5. The molecule has 1 fully saturated rings. The standard InChI is InChI=1S/C13H17FN4/c1-2-17-5-7-18(8-6-17)13-11-4-3-10(14)9-12(11)15-16-13/h3-4,9H,2,5-8H2,1H3,(H,15,16). The maximum atomic E-state index is 13.1. The molecule has 1 aromatic heterocycles. The Morgan fingerprint density at radius 1 is 1.28 bits per heavy atom. The molecule has 1 saturated heterocycles. The lowest BCUT2D eigenvalue weighted by molar-refractivity contribution is 0.270. The third-order valence-corrected chi connectivity index (χ3v) is 3.62. The first-order valence-electron chi connectivity index (χ1n) is 6.39. The van der Waals surface area contributed by atoms with E-state index in [2.05, 4.69) is 26.9 Å². The summed E-state index contributed by atoms with van der Waals surface area (Å²) in [4.78, 5) is 4.69. The van der Waals surface area contributed by atoms with Gasteiger partial charge in [0.05, 0.1) is 5.52 Å². The highest BCUT2D eigenvalue weighted by Gasteiger charge is 2.19. The van der Waals surface area contributed by atoms with Crippen LogP contribution < -0.4 is 4.90 Å². The van der Waals surface area contributed by atoms with Crippen LogP contribution in [0.2, 0.25) is 0 Å². The summed E-state index contributed by atoms with van der Waals surface area (Å²) in [6.07, 6.45) is 0. The summed E-state index contributed by atoms with van der Waals surface area (Å²) in [5.41, 5.74) is 0.767. The van der Waals surface area contributed by atoms with Crippen LogP contribution in [0.25, 0.3) is 10.9 Å². The van der Waals surface area contributed by atoms with Crippen LogP contribution in [-0.4, -0.2) is 47.8 Å². The minimum atomic E-state index is -0.228. The van der Waals surface area contributed by atoms with Gasteiger partial charge in [-0.15, -0.1) is 0 Å². The number of halogens is 1. The molecule has 1 aliphatic rings. The van der Waals surface area contributed by atoms with E-state index in [1.807, 2.05) is 0 Å². The molecule has 4 nitrogen and oxygen atoms in total. The van der Waals surface area contributed by atoms with E-state index in [9.17, 15) is 4.39 Å². The molecule has 1 N–H and O–H groups in total. The third-order valence-electron chi connectivity index (χ3n) is 3.62. The van der Waals surface area contributed by atoms with Crippen LogP contribution in [0.15, 0.2) is 18.2 Å². The van der Waals surface area contributed by atoms with Gasteiger partial charge in [-0.25, -0.2) is 4.39 Å². The second-order valence-electron chi connectivity index (χ2n) is 4.66. The van der Waals surface area contributed by atoms with Gasteiger partial charge in [0, 0.05) is 31.6 Å². The van der Waals surface area contributed by atoms with Crippen molar-refractivity contribution in [2.24, 2.45) is 0 Å². The molecule has 0 radical (unpaired) electrons. The summed E-state index contributed by atoms with van der Waals surface area (Å²) >= 11 is 0. The highest BCUT2D eigenvalue weighted by molar-refractivity contribution is 5.90. The fraction of sp³-hybridized carbons (Fsp3) is 0.462. The van der Waals surface area contributed by atoms with Crippen molar-refractivity contribution in [1.29, 1.82) is 0 Å². The number of fused-ring (bicyclic) bond motifs is 1. The molecular formula is C13H17FN4. The number of piperazine rings is 1. The Bertz CT molecular complexity index is 543. The molecule has 2 heterocycles. The lowest BCUT2D eigenvalue weighted by Gasteiger charge is -2.34. The number of likely N-dealkylation sites (N-methyl/N-ethyl adjacent to an activating group) is 1.